The van der Waals surface area contributed by atoms with Gasteiger partial charge in [-0.3, -0.25) is 0 Å². The first-order valence-corrected chi connectivity index (χ1v) is 25.3. The molecule has 2 aliphatic rings. The number of benzene rings is 10. The lowest BCUT2D eigenvalue weighted by Gasteiger charge is -2.23. The summed E-state index contributed by atoms with van der Waals surface area (Å²) >= 11 is 3.61. The van der Waals surface area contributed by atoms with E-state index in [4.69, 9.17) is 5.73 Å². The van der Waals surface area contributed by atoms with Crippen molar-refractivity contribution in [1.82, 2.24) is 0 Å². The number of hydrogen-bond acceptors (Lipinski definition) is 2. The molecule has 0 amide bonds. The molecule has 0 unspecified atom stereocenters. The number of fused-ring (bicyclic) bond motifs is 6. The number of nitrogen functional groups attached to an aromatic ring is 1. The Morgan fingerprint density at radius 2 is 0.726 bits per heavy atom. The number of aryl methyl sites for hydroxylation is 2. The fourth-order valence-corrected chi connectivity index (χ4v) is 10.9. The molecule has 10 aromatic carbocycles. The van der Waals surface area contributed by atoms with Crippen molar-refractivity contribution in [2.75, 3.05) is 11.1 Å². The van der Waals surface area contributed by atoms with Crippen molar-refractivity contribution in [1.29, 1.82) is 0 Å². The summed E-state index contributed by atoms with van der Waals surface area (Å²) in [5.41, 5.74) is 32.4. The van der Waals surface area contributed by atoms with Crippen LogP contribution in [0, 0.1) is 13.8 Å². The molecule has 0 saturated carbocycles. The number of rotatable bonds is 6. The van der Waals surface area contributed by atoms with Gasteiger partial charge >= 0.3 is 0 Å². The molecule has 364 valence electrons. The molecule has 0 heterocycles. The average molecular weight is 1020 g/mol. The highest BCUT2D eigenvalue weighted by Crippen LogP contribution is 2.52. The third-order valence-corrected chi connectivity index (χ3v) is 15.0. The highest BCUT2D eigenvalue weighted by atomic mass is 79.9. The zero-order chi connectivity index (χ0) is 49.3. The number of anilines is 3. The van der Waals surface area contributed by atoms with Crippen LogP contribution in [0.5, 0.6) is 0 Å². The molecule has 3 N–H and O–H groups in total. The molecular weight excluding hydrogens is 949 g/mol. The molecule has 0 atom stereocenters. The maximum Gasteiger partial charge on any atom is 0.0390 e. The molecule has 0 spiro atoms. The highest BCUT2D eigenvalue weighted by Gasteiger charge is 2.37. The van der Waals surface area contributed by atoms with Crippen LogP contribution in [0.4, 0.5) is 17.1 Å². The van der Waals surface area contributed by atoms with E-state index in [9.17, 15) is 0 Å². The molecule has 0 saturated heterocycles. The lowest BCUT2D eigenvalue weighted by molar-refractivity contribution is 0.660. The molecule has 3 heteroatoms. The Kier molecular flexibility index (Phi) is 15.2. The van der Waals surface area contributed by atoms with Gasteiger partial charge in [0, 0.05) is 32.4 Å². The van der Waals surface area contributed by atoms with Crippen LogP contribution in [0.25, 0.3) is 66.8 Å². The highest BCUT2D eigenvalue weighted by molar-refractivity contribution is 9.10. The first-order valence-electron chi connectivity index (χ1n) is 24.5. The third-order valence-electron chi connectivity index (χ3n) is 14.5. The summed E-state index contributed by atoms with van der Waals surface area (Å²) in [6.45, 7) is 13.6. The fourth-order valence-electron chi connectivity index (χ4n) is 10.6. The van der Waals surface area contributed by atoms with Gasteiger partial charge in [-0.05, 0) is 175 Å². The minimum absolute atomic E-state index is 0. The topological polar surface area (TPSA) is 38.0 Å². The second-order valence-electron chi connectivity index (χ2n) is 19.9. The van der Waals surface area contributed by atoms with Gasteiger partial charge < -0.3 is 11.1 Å². The largest absolute Gasteiger partial charge is 0.399 e. The Hall–Kier alpha value is -7.72. The summed E-state index contributed by atoms with van der Waals surface area (Å²) in [5.74, 6) is 0. The normalized spacial score (nSPS) is 12.6. The molecule has 73 heavy (non-hydrogen) atoms. The quantitative estimate of drug-likeness (QED) is 0.163. The monoisotopic (exact) mass is 1010 g/mol. The summed E-state index contributed by atoms with van der Waals surface area (Å²) in [7, 11) is 0. The van der Waals surface area contributed by atoms with E-state index in [1.165, 1.54) is 100 Å². The summed E-state index contributed by atoms with van der Waals surface area (Å²) in [6, 6.07) is 82.0. The first-order chi connectivity index (χ1) is 34.3. The second-order valence-corrected chi connectivity index (χ2v) is 20.8. The summed E-state index contributed by atoms with van der Waals surface area (Å²) < 4.78 is 1.15. The van der Waals surface area contributed by atoms with Crippen LogP contribution in [0.3, 0.4) is 0 Å². The van der Waals surface area contributed by atoms with Crippen LogP contribution in [0.15, 0.2) is 235 Å². The SMILES string of the molecule is C.C.CC1(C)c2cc(Br)ccc2-c2ccc(-c3ccccc3)cc21.Cc1ccccc1-c1cccc(N)c1.Cc1ccccc1-c1cccc(Nc2ccc3c(c2)C(C)(C)c2cc(-c4ccccc4)ccc2-3)c1. The minimum Gasteiger partial charge on any atom is -0.399 e. The number of nitrogens with one attached hydrogen (secondary N) is 1. The van der Waals surface area contributed by atoms with E-state index in [1.807, 2.05) is 30.3 Å². The second kappa shape index (κ2) is 21.6. The first kappa shape index (κ1) is 51.6. The summed E-state index contributed by atoms with van der Waals surface area (Å²) in [5, 5.41) is 3.67. The lowest BCUT2D eigenvalue weighted by atomic mass is 9.81. The van der Waals surface area contributed by atoms with Crippen LogP contribution in [-0.4, -0.2) is 0 Å². The van der Waals surface area contributed by atoms with Crippen LogP contribution in [0.2, 0.25) is 0 Å². The number of hydrogen-bond donors (Lipinski definition) is 2. The molecule has 2 aliphatic carbocycles. The van der Waals surface area contributed by atoms with Gasteiger partial charge in [-0.25, -0.2) is 0 Å². The molecule has 0 aliphatic heterocycles. The lowest BCUT2D eigenvalue weighted by Crippen LogP contribution is -2.15. The van der Waals surface area contributed by atoms with E-state index in [2.05, 4.69) is 263 Å². The molecular formula is C70H67BrN2. The van der Waals surface area contributed by atoms with Gasteiger partial charge in [0.15, 0.2) is 0 Å². The van der Waals surface area contributed by atoms with Crippen molar-refractivity contribution in [2.24, 2.45) is 0 Å². The number of nitrogens with two attached hydrogens (primary N) is 1. The standard InChI is InChI=1S/C34H29N.C21H17Br.C13H13N.2CH4/c1-23-10-7-8-15-29(23)26-13-9-14-27(20-26)35-28-17-19-31-30-18-16-25(24-11-5-4-6-12-24)21-32(30)34(2,3)33(31)22-28;1-21(2)19-12-15(14-6-4-3-5-7-14)8-10-17(19)18-11-9-16(22)13-20(18)21;1-10-5-2-3-8-13(10)11-6-4-7-12(14)9-11;;/h4-22,35H,1-3H3;3-13H,1-2H3;2-9H,14H2,1H3;2*1H4. The van der Waals surface area contributed by atoms with Gasteiger partial charge in [0.05, 0.1) is 0 Å². The average Bonchev–Trinajstić information content (AvgIpc) is 3.75. The Morgan fingerprint density at radius 1 is 0.329 bits per heavy atom. The van der Waals surface area contributed by atoms with Gasteiger partial charge in [-0.2, -0.15) is 0 Å². The van der Waals surface area contributed by atoms with E-state index in [1.54, 1.807) is 0 Å². The van der Waals surface area contributed by atoms with E-state index in [-0.39, 0.29) is 25.7 Å². The van der Waals surface area contributed by atoms with Gasteiger partial charge in [-0.15, -0.1) is 0 Å². The zero-order valence-corrected chi connectivity index (χ0v) is 43.0. The van der Waals surface area contributed by atoms with E-state index >= 15 is 0 Å². The van der Waals surface area contributed by atoms with Crippen molar-refractivity contribution < 1.29 is 0 Å². The smallest absolute Gasteiger partial charge is 0.0390 e. The van der Waals surface area contributed by atoms with Gasteiger partial charge in [0.2, 0.25) is 0 Å². The molecule has 10 aromatic rings. The Morgan fingerprint density at radius 3 is 1.23 bits per heavy atom. The zero-order valence-electron chi connectivity index (χ0n) is 41.4. The van der Waals surface area contributed by atoms with Crippen molar-refractivity contribution >= 4 is 33.0 Å². The Bertz CT molecular complexity index is 3550. The minimum atomic E-state index is -0.0594. The molecule has 0 bridgehead atoms. The Labute approximate surface area is 443 Å². The maximum atomic E-state index is 5.75. The molecule has 0 radical (unpaired) electrons. The van der Waals surface area contributed by atoms with Crippen LogP contribution in [0.1, 0.15) is 75.9 Å². The Balaban J connectivity index is 0.000000160. The fraction of sp³-hybridized carbons (Fsp3) is 0.143. The van der Waals surface area contributed by atoms with Crippen molar-refractivity contribution in [3.63, 3.8) is 0 Å². The van der Waals surface area contributed by atoms with Crippen LogP contribution < -0.4 is 11.1 Å². The molecule has 2 nitrogen and oxygen atoms in total. The molecule has 0 aromatic heterocycles. The summed E-state index contributed by atoms with van der Waals surface area (Å²) in [4.78, 5) is 0. The van der Waals surface area contributed by atoms with E-state index < -0.39 is 0 Å². The van der Waals surface area contributed by atoms with E-state index in [0.717, 1.165) is 21.5 Å². The maximum absolute atomic E-state index is 5.75. The van der Waals surface area contributed by atoms with Crippen LogP contribution in [-0.2, 0) is 10.8 Å². The molecule has 12 rings (SSSR count). The van der Waals surface area contributed by atoms with Crippen molar-refractivity contribution in [3.8, 4) is 66.8 Å². The predicted octanol–water partition coefficient (Wildman–Crippen LogP) is 20.3. The van der Waals surface area contributed by atoms with Crippen LogP contribution >= 0.6 is 15.9 Å². The van der Waals surface area contributed by atoms with E-state index in [0.29, 0.717) is 0 Å². The molecule has 0 fully saturated rings. The van der Waals surface area contributed by atoms with Gasteiger partial charge in [-0.1, -0.05) is 228 Å². The van der Waals surface area contributed by atoms with Crippen molar-refractivity contribution in [2.45, 2.75) is 67.2 Å². The van der Waals surface area contributed by atoms with Gasteiger partial charge in [0.1, 0.15) is 0 Å². The van der Waals surface area contributed by atoms with Crippen molar-refractivity contribution in [3.05, 3.63) is 268 Å². The van der Waals surface area contributed by atoms with Gasteiger partial charge in [0.25, 0.3) is 0 Å². The third kappa shape index (κ3) is 10.5. The number of halogens is 1. The predicted molar refractivity (Wildman–Crippen MR) is 321 cm³/mol. The summed E-state index contributed by atoms with van der Waals surface area (Å²) in [6.07, 6.45) is 0.